The van der Waals surface area contributed by atoms with Crippen LogP contribution in [0.5, 0.6) is 0 Å². The fourth-order valence-corrected chi connectivity index (χ4v) is 4.88. The molecule has 0 aliphatic carbocycles. The maximum Gasteiger partial charge on any atom is 0.251 e. The smallest absolute Gasteiger partial charge is 0.251 e. The van der Waals surface area contributed by atoms with Crippen molar-refractivity contribution in [2.45, 2.75) is 33.2 Å². The van der Waals surface area contributed by atoms with Crippen molar-refractivity contribution in [3.63, 3.8) is 0 Å². The third kappa shape index (κ3) is 4.70. The minimum atomic E-state index is -2.89. The van der Waals surface area contributed by atoms with Gasteiger partial charge in [-0.25, -0.2) is 8.42 Å². The van der Waals surface area contributed by atoms with Gasteiger partial charge in [0.2, 0.25) is 0 Å². The summed E-state index contributed by atoms with van der Waals surface area (Å²) in [5.74, 6) is 0.323. The zero-order valence-electron chi connectivity index (χ0n) is 14.1. The number of rotatable bonds is 6. The number of carbonyl (C=O) groups is 1. The van der Waals surface area contributed by atoms with Crippen LogP contribution in [0.2, 0.25) is 0 Å². The van der Waals surface area contributed by atoms with Gasteiger partial charge in [0, 0.05) is 30.4 Å². The monoisotopic (exact) mass is 338 g/mol. The second-order valence-electron chi connectivity index (χ2n) is 6.41. The van der Waals surface area contributed by atoms with Crippen molar-refractivity contribution in [3.8, 4) is 0 Å². The number of nitrogens with zero attached hydrogens (tertiary/aromatic N) is 1. The molecule has 2 rings (SSSR count). The Morgan fingerprint density at radius 2 is 1.96 bits per heavy atom. The van der Waals surface area contributed by atoms with E-state index in [1.165, 1.54) is 0 Å². The highest BCUT2D eigenvalue weighted by Crippen LogP contribution is 2.19. The largest absolute Gasteiger partial charge is 0.369 e. The van der Waals surface area contributed by atoms with E-state index in [2.05, 4.69) is 31.0 Å². The highest BCUT2D eigenvalue weighted by molar-refractivity contribution is 7.91. The van der Waals surface area contributed by atoms with Crippen molar-refractivity contribution in [2.75, 3.05) is 29.5 Å². The van der Waals surface area contributed by atoms with Gasteiger partial charge in [-0.1, -0.05) is 0 Å². The Bertz CT molecular complexity index is 638. The predicted molar refractivity (Wildman–Crippen MR) is 93.7 cm³/mol. The van der Waals surface area contributed by atoms with Crippen LogP contribution >= 0.6 is 0 Å². The molecule has 0 saturated carbocycles. The van der Waals surface area contributed by atoms with Crippen molar-refractivity contribution < 1.29 is 13.2 Å². The fourth-order valence-electron chi connectivity index (χ4n) is 3.02. The van der Waals surface area contributed by atoms with E-state index in [1.54, 1.807) is 0 Å². The molecule has 6 heteroatoms. The Morgan fingerprint density at radius 1 is 1.30 bits per heavy atom. The van der Waals surface area contributed by atoms with E-state index in [0.29, 0.717) is 24.6 Å². The average Bonchev–Trinajstić information content (AvgIpc) is 2.85. The number of sulfone groups is 1. The van der Waals surface area contributed by atoms with Crippen LogP contribution in [0.1, 0.15) is 37.6 Å². The molecular weight excluding hydrogens is 312 g/mol. The molecule has 1 saturated heterocycles. The van der Waals surface area contributed by atoms with Gasteiger partial charge in [0.15, 0.2) is 9.84 Å². The van der Waals surface area contributed by atoms with Crippen LogP contribution in [0.15, 0.2) is 24.3 Å². The number of nitrogens with one attached hydrogen (secondary N) is 1. The van der Waals surface area contributed by atoms with Crippen LogP contribution in [-0.4, -0.2) is 45.0 Å². The number of anilines is 1. The molecule has 5 nitrogen and oxygen atoms in total. The standard InChI is InChI=1S/C17H26N2O3S/c1-4-19(13(2)3)16-7-5-15(6-8-16)17(20)18-11-14-9-10-23(21,22)12-14/h5-8,13-14H,4,9-12H2,1-3H3,(H,18,20)/t14-/m0/s1. The molecule has 1 heterocycles. The first-order chi connectivity index (χ1) is 10.8. The highest BCUT2D eigenvalue weighted by atomic mass is 32.2. The summed E-state index contributed by atoms with van der Waals surface area (Å²) in [6.45, 7) is 7.72. The van der Waals surface area contributed by atoms with Gasteiger partial charge in [0.25, 0.3) is 5.91 Å². The van der Waals surface area contributed by atoms with E-state index in [4.69, 9.17) is 0 Å². The third-order valence-corrected chi connectivity index (χ3v) is 6.14. The van der Waals surface area contributed by atoms with Gasteiger partial charge in [-0.3, -0.25) is 4.79 Å². The Hall–Kier alpha value is -1.56. The summed E-state index contributed by atoms with van der Waals surface area (Å²) in [7, 11) is -2.89. The number of amides is 1. The molecule has 0 radical (unpaired) electrons. The van der Waals surface area contributed by atoms with Gasteiger partial charge in [-0.2, -0.15) is 0 Å². The molecule has 1 N–H and O–H groups in total. The van der Waals surface area contributed by atoms with Crippen molar-refractivity contribution >= 4 is 21.4 Å². The predicted octanol–water partition coefficient (Wildman–Crippen LogP) is 2.09. The lowest BCUT2D eigenvalue weighted by atomic mass is 10.1. The summed E-state index contributed by atoms with van der Waals surface area (Å²) < 4.78 is 22.8. The zero-order valence-corrected chi connectivity index (χ0v) is 14.9. The van der Waals surface area contributed by atoms with Crippen LogP contribution in [0.25, 0.3) is 0 Å². The lowest BCUT2D eigenvalue weighted by molar-refractivity contribution is 0.0948. The van der Waals surface area contributed by atoms with E-state index in [0.717, 1.165) is 12.2 Å². The van der Waals surface area contributed by atoms with Crippen LogP contribution in [0.4, 0.5) is 5.69 Å². The molecule has 1 fully saturated rings. The lowest BCUT2D eigenvalue weighted by Gasteiger charge is -2.27. The summed E-state index contributed by atoms with van der Waals surface area (Å²) in [5, 5.41) is 2.85. The first-order valence-corrected chi connectivity index (χ1v) is 10.00. The molecule has 1 aliphatic rings. The molecule has 128 valence electrons. The first-order valence-electron chi connectivity index (χ1n) is 8.17. The Balaban J connectivity index is 1.93. The van der Waals surface area contributed by atoms with Gasteiger partial charge in [0.05, 0.1) is 11.5 Å². The Morgan fingerprint density at radius 3 is 2.43 bits per heavy atom. The van der Waals surface area contributed by atoms with Crippen LogP contribution < -0.4 is 10.2 Å². The summed E-state index contributed by atoms with van der Waals surface area (Å²) in [5.41, 5.74) is 1.70. The number of carbonyl (C=O) groups excluding carboxylic acids is 1. The van der Waals surface area contributed by atoms with E-state index in [9.17, 15) is 13.2 Å². The molecule has 0 unspecified atom stereocenters. The van der Waals surface area contributed by atoms with Crippen molar-refractivity contribution in [2.24, 2.45) is 5.92 Å². The minimum absolute atomic E-state index is 0.0414. The molecule has 0 bridgehead atoms. The maximum absolute atomic E-state index is 12.2. The summed E-state index contributed by atoms with van der Waals surface area (Å²) in [6.07, 6.45) is 0.640. The molecule has 1 atom stereocenters. The normalized spacial score (nSPS) is 19.7. The van der Waals surface area contributed by atoms with E-state index in [1.807, 2.05) is 24.3 Å². The second kappa shape index (κ2) is 7.34. The average molecular weight is 338 g/mol. The topological polar surface area (TPSA) is 66.5 Å². The van der Waals surface area contributed by atoms with Gasteiger partial charge < -0.3 is 10.2 Å². The fraction of sp³-hybridized carbons (Fsp3) is 0.588. The van der Waals surface area contributed by atoms with Gasteiger partial charge >= 0.3 is 0 Å². The maximum atomic E-state index is 12.2. The van der Waals surface area contributed by atoms with Gasteiger partial charge in [0.1, 0.15) is 0 Å². The SMILES string of the molecule is CCN(c1ccc(C(=O)NC[C@@H]2CCS(=O)(=O)C2)cc1)C(C)C. The van der Waals surface area contributed by atoms with Gasteiger partial charge in [-0.05, 0) is 57.4 Å². The van der Waals surface area contributed by atoms with Crippen LogP contribution in [0, 0.1) is 5.92 Å². The van der Waals surface area contributed by atoms with Crippen LogP contribution in [0.3, 0.4) is 0 Å². The van der Waals surface area contributed by atoms with E-state index in [-0.39, 0.29) is 23.3 Å². The zero-order chi connectivity index (χ0) is 17.0. The first kappa shape index (κ1) is 17.8. The molecule has 23 heavy (non-hydrogen) atoms. The summed E-state index contributed by atoms with van der Waals surface area (Å²) >= 11 is 0. The quantitative estimate of drug-likeness (QED) is 0.862. The number of hydrogen-bond donors (Lipinski definition) is 1. The summed E-state index contributed by atoms with van der Waals surface area (Å²) in [4.78, 5) is 14.4. The molecule has 1 aliphatic heterocycles. The number of hydrogen-bond acceptors (Lipinski definition) is 4. The molecule has 0 aromatic heterocycles. The van der Waals surface area contributed by atoms with E-state index >= 15 is 0 Å². The van der Waals surface area contributed by atoms with Crippen LogP contribution in [-0.2, 0) is 9.84 Å². The van der Waals surface area contributed by atoms with Crippen molar-refractivity contribution in [1.29, 1.82) is 0 Å². The van der Waals surface area contributed by atoms with Crippen molar-refractivity contribution in [1.82, 2.24) is 5.32 Å². The number of benzene rings is 1. The Kier molecular flexibility index (Phi) is 5.68. The van der Waals surface area contributed by atoms with Crippen molar-refractivity contribution in [3.05, 3.63) is 29.8 Å². The molecule has 1 aromatic rings. The molecule has 1 aromatic carbocycles. The molecule has 1 amide bonds. The second-order valence-corrected chi connectivity index (χ2v) is 8.63. The molecule has 0 spiro atoms. The minimum Gasteiger partial charge on any atom is -0.369 e. The summed E-state index contributed by atoms with van der Waals surface area (Å²) in [6, 6.07) is 7.96. The third-order valence-electron chi connectivity index (χ3n) is 4.30. The lowest BCUT2D eigenvalue weighted by Crippen LogP contribution is -2.31. The Labute approximate surface area is 139 Å². The van der Waals surface area contributed by atoms with E-state index < -0.39 is 9.84 Å². The highest BCUT2D eigenvalue weighted by Gasteiger charge is 2.27. The molecular formula is C17H26N2O3S. The van der Waals surface area contributed by atoms with Gasteiger partial charge in [-0.15, -0.1) is 0 Å².